The molecule has 1 amide bonds. The molecule has 1 aromatic carbocycles. The summed E-state index contributed by atoms with van der Waals surface area (Å²) >= 11 is 0. The van der Waals surface area contributed by atoms with Crippen molar-refractivity contribution in [3.8, 4) is 5.75 Å². The van der Waals surface area contributed by atoms with E-state index >= 15 is 0 Å². The Bertz CT molecular complexity index is 837. The number of benzene rings is 1. The average Bonchev–Trinajstić information content (AvgIpc) is 2.89. The van der Waals surface area contributed by atoms with Crippen molar-refractivity contribution < 1.29 is 29.6 Å². The van der Waals surface area contributed by atoms with Gasteiger partial charge >= 0.3 is 0 Å². The highest BCUT2D eigenvalue weighted by molar-refractivity contribution is 5.88. The van der Waals surface area contributed by atoms with Crippen LogP contribution in [0.15, 0.2) is 42.6 Å². The monoisotopic (exact) mass is 531 g/mol. The molecule has 0 radical (unpaired) electrons. The van der Waals surface area contributed by atoms with Crippen LogP contribution in [0.5, 0.6) is 5.75 Å². The second-order valence-corrected chi connectivity index (χ2v) is 10.8. The number of allylic oxidation sites excluding steroid dienone is 1. The SMILES string of the molecule is CC(C)CCCCCCCCCCCC=CC(=O)NC=Cc1ccc(O[C@@H]2O[C@@H](C)[C@H](O)[C@@H](O)[C@H]2O)cc1. The molecule has 0 unspecified atom stereocenters. The Kier molecular flexibility index (Phi) is 15.3. The summed E-state index contributed by atoms with van der Waals surface area (Å²) in [4.78, 5) is 12.0. The fraction of sp³-hybridized carbons (Fsp3) is 0.645. The van der Waals surface area contributed by atoms with E-state index in [2.05, 4.69) is 19.2 Å². The Morgan fingerprint density at radius 3 is 2.16 bits per heavy atom. The van der Waals surface area contributed by atoms with Crippen LogP contribution < -0.4 is 10.1 Å². The van der Waals surface area contributed by atoms with Crippen LogP contribution >= 0.6 is 0 Å². The van der Waals surface area contributed by atoms with E-state index in [9.17, 15) is 20.1 Å². The molecule has 1 saturated heterocycles. The molecule has 0 spiro atoms. The standard InChI is InChI=1S/C31H49NO6/c1-23(2)15-13-11-9-7-5-4-6-8-10-12-14-16-27(33)32-22-21-25-17-19-26(20-18-25)38-31-30(36)29(35)28(34)24(3)37-31/h14,16-24,28-31,34-36H,4-13,15H2,1-3H3,(H,32,33)/t24-,28-,29+,30+,31-/m0/s1. The van der Waals surface area contributed by atoms with Crippen LogP contribution in [0.1, 0.15) is 97.0 Å². The van der Waals surface area contributed by atoms with E-state index in [0.29, 0.717) is 5.75 Å². The summed E-state index contributed by atoms with van der Waals surface area (Å²) in [5.41, 5.74) is 0.853. The van der Waals surface area contributed by atoms with Crippen LogP contribution in [0, 0.1) is 5.92 Å². The van der Waals surface area contributed by atoms with E-state index in [-0.39, 0.29) is 5.91 Å². The molecule has 4 N–H and O–H groups in total. The summed E-state index contributed by atoms with van der Waals surface area (Å²) in [6.07, 6.45) is 15.3. The Morgan fingerprint density at radius 1 is 0.921 bits per heavy atom. The number of unbranched alkanes of at least 4 members (excludes halogenated alkanes) is 9. The van der Waals surface area contributed by atoms with Gasteiger partial charge in [0.15, 0.2) is 0 Å². The van der Waals surface area contributed by atoms with Crippen molar-refractivity contribution in [3.63, 3.8) is 0 Å². The van der Waals surface area contributed by atoms with Crippen LogP contribution in [-0.4, -0.2) is 51.9 Å². The second kappa shape index (κ2) is 18.2. The van der Waals surface area contributed by atoms with Gasteiger partial charge in [0.05, 0.1) is 6.10 Å². The first-order chi connectivity index (χ1) is 18.3. The highest BCUT2D eigenvalue weighted by Gasteiger charge is 2.43. The molecule has 1 heterocycles. The molecule has 0 aliphatic carbocycles. The van der Waals surface area contributed by atoms with Crippen molar-refractivity contribution in [2.24, 2.45) is 5.92 Å². The van der Waals surface area contributed by atoms with E-state index in [1.807, 2.05) is 6.08 Å². The summed E-state index contributed by atoms with van der Waals surface area (Å²) in [6, 6.07) is 7.00. The normalized spacial score (nSPS) is 23.9. The zero-order valence-corrected chi connectivity index (χ0v) is 23.4. The first-order valence-corrected chi connectivity index (χ1v) is 14.4. The van der Waals surface area contributed by atoms with Crippen LogP contribution in [-0.2, 0) is 9.53 Å². The van der Waals surface area contributed by atoms with Gasteiger partial charge in [0.2, 0.25) is 12.2 Å². The van der Waals surface area contributed by atoms with Crippen molar-refractivity contribution in [2.45, 2.75) is 122 Å². The minimum atomic E-state index is -1.36. The van der Waals surface area contributed by atoms with E-state index < -0.39 is 30.7 Å². The lowest BCUT2D eigenvalue weighted by Gasteiger charge is -2.38. The predicted octanol–water partition coefficient (Wildman–Crippen LogP) is 5.48. The molecule has 214 valence electrons. The Hall–Kier alpha value is -2.19. The maximum absolute atomic E-state index is 12.0. The zero-order chi connectivity index (χ0) is 27.8. The summed E-state index contributed by atoms with van der Waals surface area (Å²) < 4.78 is 11.1. The topological polar surface area (TPSA) is 108 Å². The number of nitrogens with one attached hydrogen (secondary N) is 1. The van der Waals surface area contributed by atoms with Gasteiger partial charge < -0.3 is 30.1 Å². The maximum atomic E-state index is 12.0. The molecule has 1 aromatic rings. The van der Waals surface area contributed by atoms with Gasteiger partial charge in [0.25, 0.3) is 0 Å². The Morgan fingerprint density at radius 2 is 1.53 bits per heavy atom. The number of hydrogen-bond acceptors (Lipinski definition) is 6. The predicted molar refractivity (Wildman–Crippen MR) is 151 cm³/mol. The van der Waals surface area contributed by atoms with E-state index in [1.165, 1.54) is 57.8 Å². The van der Waals surface area contributed by atoms with Crippen LogP contribution in [0.2, 0.25) is 0 Å². The smallest absolute Gasteiger partial charge is 0.247 e. The summed E-state index contributed by atoms with van der Waals surface area (Å²) in [5, 5.41) is 32.5. The lowest BCUT2D eigenvalue weighted by molar-refractivity contribution is -0.268. The maximum Gasteiger partial charge on any atom is 0.247 e. The Balaban J connectivity index is 1.54. The largest absolute Gasteiger partial charge is 0.462 e. The molecule has 2 rings (SSSR count). The summed E-state index contributed by atoms with van der Waals surface area (Å²) in [6.45, 7) is 6.19. The minimum Gasteiger partial charge on any atom is -0.462 e. The summed E-state index contributed by atoms with van der Waals surface area (Å²) in [7, 11) is 0. The van der Waals surface area contributed by atoms with Gasteiger partial charge in [-0.1, -0.05) is 89.8 Å². The van der Waals surface area contributed by atoms with Gasteiger partial charge in [-0.25, -0.2) is 0 Å². The number of ether oxygens (including phenoxy) is 2. The first-order valence-electron chi connectivity index (χ1n) is 14.4. The third-order valence-corrected chi connectivity index (χ3v) is 6.86. The van der Waals surface area contributed by atoms with Gasteiger partial charge in [-0.05, 0) is 55.5 Å². The third kappa shape index (κ3) is 12.6. The van der Waals surface area contributed by atoms with Gasteiger partial charge in [-0.3, -0.25) is 4.79 Å². The highest BCUT2D eigenvalue weighted by atomic mass is 16.7. The fourth-order valence-electron chi connectivity index (χ4n) is 4.41. The molecule has 38 heavy (non-hydrogen) atoms. The number of aliphatic hydroxyl groups is 3. The molecule has 7 heteroatoms. The first kappa shape index (κ1) is 32.0. The van der Waals surface area contributed by atoms with Gasteiger partial charge in [0.1, 0.15) is 24.1 Å². The van der Waals surface area contributed by atoms with Gasteiger partial charge in [0, 0.05) is 6.20 Å². The molecule has 1 aliphatic heterocycles. The quantitative estimate of drug-likeness (QED) is 0.157. The number of rotatable bonds is 17. The zero-order valence-electron chi connectivity index (χ0n) is 23.4. The fourth-order valence-corrected chi connectivity index (χ4v) is 4.41. The van der Waals surface area contributed by atoms with Gasteiger partial charge in [-0.2, -0.15) is 0 Å². The van der Waals surface area contributed by atoms with Gasteiger partial charge in [-0.15, -0.1) is 0 Å². The lowest BCUT2D eigenvalue weighted by atomic mass is 10.00. The third-order valence-electron chi connectivity index (χ3n) is 6.86. The van der Waals surface area contributed by atoms with Crippen molar-refractivity contribution >= 4 is 12.0 Å². The molecular formula is C31H49NO6. The number of hydrogen-bond donors (Lipinski definition) is 4. The van der Waals surface area contributed by atoms with Crippen molar-refractivity contribution in [2.75, 3.05) is 0 Å². The van der Waals surface area contributed by atoms with Crippen molar-refractivity contribution in [1.29, 1.82) is 0 Å². The van der Waals surface area contributed by atoms with E-state index in [4.69, 9.17) is 9.47 Å². The molecule has 0 bridgehead atoms. The molecule has 5 atom stereocenters. The van der Waals surface area contributed by atoms with Crippen LogP contribution in [0.3, 0.4) is 0 Å². The summed E-state index contributed by atoms with van der Waals surface area (Å²) in [5.74, 6) is 1.12. The molecule has 0 saturated carbocycles. The number of amides is 1. The number of carbonyl (C=O) groups is 1. The molecule has 0 aromatic heterocycles. The minimum absolute atomic E-state index is 0.156. The van der Waals surface area contributed by atoms with Crippen molar-refractivity contribution in [1.82, 2.24) is 5.32 Å². The van der Waals surface area contributed by atoms with Crippen LogP contribution in [0.4, 0.5) is 0 Å². The molecule has 7 nitrogen and oxygen atoms in total. The second-order valence-electron chi connectivity index (χ2n) is 10.8. The van der Waals surface area contributed by atoms with E-state index in [0.717, 1.165) is 24.3 Å². The molecule has 1 aliphatic rings. The average molecular weight is 532 g/mol. The highest BCUT2D eigenvalue weighted by Crippen LogP contribution is 2.24. The Labute approximate surface area is 228 Å². The molecular weight excluding hydrogens is 482 g/mol. The van der Waals surface area contributed by atoms with Crippen LogP contribution in [0.25, 0.3) is 6.08 Å². The lowest BCUT2D eigenvalue weighted by Crippen LogP contribution is -2.58. The number of carbonyl (C=O) groups excluding carboxylic acids is 1. The van der Waals surface area contributed by atoms with E-state index in [1.54, 1.807) is 49.5 Å². The molecule has 1 fully saturated rings. The van der Waals surface area contributed by atoms with Crippen molar-refractivity contribution in [3.05, 3.63) is 48.2 Å². The number of aliphatic hydroxyl groups excluding tert-OH is 3.